The van der Waals surface area contributed by atoms with Crippen LogP contribution in [0.3, 0.4) is 0 Å². The molecule has 0 radical (unpaired) electrons. The topological polar surface area (TPSA) is 67.2 Å². The average molecular weight is 362 g/mol. The van der Waals surface area contributed by atoms with Gasteiger partial charge in [0.2, 0.25) is 5.91 Å². The minimum Gasteiger partial charge on any atom is -0.441 e. The van der Waals surface area contributed by atoms with Gasteiger partial charge in [0, 0.05) is 36.7 Å². The van der Waals surface area contributed by atoms with Gasteiger partial charge in [-0.1, -0.05) is 0 Å². The highest BCUT2D eigenvalue weighted by Crippen LogP contribution is 2.33. The first-order valence-electron chi connectivity index (χ1n) is 8.74. The molecule has 134 valence electrons. The van der Waals surface area contributed by atoms with Crippen molar-refractivity contribution in [2.75, 3.05) is 5.32 Å². The number of halogens is 1. The van der Waals surface area contributed by atoms with Crippen molar-refractivity contribution in [3.8, 4) is 11.3 Å². The third kappa shape index (κ3) is 4.22. The highest BCUT2D eigenvalue weighted by molar-refractivity contribution is 5.91. The lowest BCUT2D eigenvalue weighted by atomic mass is 9.89. The number of aryl methyl sites for hydroxylation is 1. The maximum atomic E-state index is 12.3. The number of amides is 1. The molecule has 6 heteroatoms. The van der Waals surface area contributed by atoms with Gasteiger partial charge in [-0.3, -0.25) is 4.79 Å². The van der Waals surface area contributed by atoms with Crippen molar-refractivity contribution < 1.29 is 9.21 Å². The van der Waals surface area contributed by atoms with Gasteiger partial charge in [-0.15, -0.1) is 12.4 Å². The van der Waals surface area contributed by atoms with E-state index in [1.807, 2.05) is 31.2 Å². The second-order valence-electron chi connectivity index (χ2n) is 7.05. The maximum absolute atomic E-state index is 12.3. The number of rotatable bonds is 4. The molecule has 2 aliphatic rings. The summed E-state index contributed by atoms with van der Waals surface area (Å²) in [6, 6.07) is 8.98. The van der Waals surface area contributed by atoms with Crippen molar-refractivity contribution in [2.45, 2.75) is 51.1 Å². The lowest BCUT2D eigenvalue weighted by molar-refractivity contribution is -0.117. The Morgan fingerprint density at radius 1 is 1.24 bits per heavy atom. The fourth-order valence-corrected chi connectivity index (χ4v) is 4.03. The van der Waals surface area contributed by atoms with Gasteiger partial charge in [-0.25, -0.2) is 4.98 Å². The van der Waals surface area contributed by atoms with Gasteiger partial charge in [-0.2, -0.15) is 0 Å². The minimum atomic E-state index is 0. The first-order chi connectivity index (χ1) is 11.7. The van der Waals surface area contributed by atoms with E-state index in [0.29, 0.717) is 30.3 Å². The van der Waals surface area contributed by atoms with Gasteiger partial charge in [0.15, 0.2) is 11.7 Å². The Kier molecular flexibility index (Phi) is 5.45. The fraction of sp³-hybridized carbons (Fsp3) is 0.474. The summed E-state index contributed by atoms with van der Waals surface area (Å²) in [5.74, 6) is 2.03. The van der Waals surface area contributed by atoms with Crippen LogP contribution in [-0.4, -0.2) is 23.0 Å². The van der Waals surface area contributed by atoms with E-state index in [2.05, 4.69) is 15.6 Å². The zero-order valence-electron chi connectivity index (χ0n) is 14.3. The fourth-order valence-electron chi connectivity index (χ4n) is 4.03. The van der Waals surface area contributed by atoms with E-state index in [0.717, 1.165) is 29.9 Å². The molecule has 2 fully saturated rings. The standard InChI is InChI=1S/C19H23N3O2.ClH/c1-12-20-11-18(24-12)14-2-4-15(5-3-14)22-19(23)10-13-8-16-6-7-17(9-13)21-16;/h2-5,11,13,16-17,21H,6-10H2,1H3,(H,22,23);1H. The van der Waals surface area contributed by atoms with E-state index in [1.165, 1.54) is 12.8 Å². The highest BCUT2D eigenvalue weighted by Gasteiger charge is 2.34. The predicted octanol–water partition coefficient (Wildman–Crippen LogP) is 3.93. The minimum absolute atomic E-state index is 0. The summed E-state index contributed by atoms with van der Waals surface area (Å²) < 4.78 is 5.51. The molecule has 4 rings (SSSR count). The molecule has 2 unspecified atom stereocenters. The Hall–Kier alpha value is -1.85. The normalized spacial score (nSPS) is 24.6. The van der Waals surface area contributed by atoms with Crippen LogP contribution in [0.5, 0.6) is 0 Å². The molecule has 1 aromatic carbocycles. The SMILES string of the molecule is Cc1ncc(-c2ccc(NC(=O)CC3CC4CCC(C3)N4)cc2)o1.Cl. The number of fused-ring (bicyclic) bond motifs is 2. The van der Waals surface area contributed by atoms with Crippen molar-refractivity contribution in [1.29, 1.82) is 0 Å². The van der Waals surface area contributed by atoms with Crippen LogP contribution in [0.1, 0.15) is 38.0 Å². The number of benzene rings is 1. The molecule has 0 saturated carbocycles. The number of hydrogen-bond donors (Lipinski definition) is 2. The van der Waals surface area contributed by atoms with Crippen LogP contribution >= 0.6 is 12.4 Å². The number of nitrogens with one attached hydrogen (secondary N) is 2. The number of nitrogens with zero attached hydrogens (tertiary/aromatic N) is 1. The Bertz CT molecular complexity index is 717. The van der Waals surface area contributed by atoms with E-state index in [1.54, 1.807) is 6.20 Å². The molecular formula is C19H24ClN3O2. The smallest absolute Gasteiger partial charge is 0.224 e. The quantitative estimate of drug-likeness (QED) is 0.865. The molecule has 2 N–H and O–H groups in total. The number of carbonyl (C=O) groups is 1. The van der Waals surface area contributed by atoms with Crippen LogP contribution in [0.4, 0.5) is 5.69 Å². The molecule has 5 nitrogen and oxygen atoms in total. The molecule has 0 aliphatic carbocycles. The van der Waals surface area contributed by atoms with Crippen molar-refractivity contribution in [1.82, 2.24) is 10.3 Å². The highest BCUT2D eigenvalue weighted by atomic mass is 35.5. The third-order valence-electron chi connectivity index (χ3n) is 5.12. The molecule has 2 saturated heterocycles. The van der Waals surface area contributed by atoms with Gasteiger partial charge in [-0.05, 0) is 55.9 Å². The first-order valence-corrected chi connectivity index (χ1v) is 8.74. The van der Waals surface area contributed by atoms with Crippen molar-refractivity contribution in [2.24, 2.45) is 5.92 Å². The lowest BCUT2D eigenvalue weighted by Gasteiger charge is -2.28. The Morgan fingerprint density at radius 3 is 2.52 bits per heavy atom. The van der Waals surface area contributed by atoms with Gasteiger partial charge in [0.05, 0.1) is 6.20 Å². The summed E-state index contributed by atoms with van der Waals surface area (Å²) >= 11 is 0. The molecule has 2 atom stereocenters. The summed E-state index contributed by atoms with van der Waals surface area (Å²) in [4.78, 5) is 16.4. The Labute approximate surface area is 154 Å². The van der Waals surface area contributed by atoms with Crippen molar-refractivity contribution in [3.63, 3.8) is 0 Å². The van der Waals surface area contributed by atoms with Gasteiger partial charge in [0.1, 0.15) is 0 Å². The zero-order chi connectivity index (χ0) is 16.5. The maximum Gasteiger partial charge on any atom is 0.224 e. The number of hydrogen-bond acceptors (Lipinski definition) is 4. The molecule has 2 bridgehead atoms. The van der Waals surface area contributed by atoms with Crippen LogP contribution in [0, 0.1) is 12.8 Å². The summed E-state index contributed by atoms with van der Waals surface area (Å²) in [6.07, 6.45) is 7.14. The molecule has 1 aromatic heterocycles. The summed E-state index contributed by atoms with van der Waals surface area (Å²) in [7, 11) is 0. The summed E-state index contributed by atoms with van der Waals surface area (Å²) in [5.41, 5.74) is 1.79. The van der Waals surface area contributed by atoms with Crippen molar-refractivity contribution in [3.05, 3.63) is 36.4 Å². The largest absolute Gasteiger partial charge is 0.441 e. The number of oxazole rings is 1. The average Bonchev–Trinajstić information content (AvgIpc) is 3.13. The molecule has 3 heterocycles. The molecule has 25 heavy (non-hydrogen) atoms. The summed E-state index contributed by atoms with van der Waals surface area (Å²) in [5, 5.41) is 6.64. The summed E-state index contributed by atoms with van der Waals surface area (Å²) in [6.45, 7) is 1.82. The Balaban J connectivity index is 0.00000182. The van der Waals surface area contributed by atoms with Crippen LogP contribution in [-0.2, 0) is 4.79 Å². The van der Waals surface area contributed by atoms with E-state index in [4.69, 9.17) is 4.42 Å². The van der Waals surface area contributed by atoms with Crippen molar-refractivity contribution >= 4 is 24.0 Å². The zero-order valence-corrected chi connectivity index (χ0v) is 15.1. The van der Waals surface area contributed by atoms with Crippen LogP contribution < -0.4 is 10.6 Å². The lowest BCUT2D eigenvalue weighted by Crippen LogP contribution is -2.39. The molecule has 2 aliphatic heterocycles. The van der Waals surface area contributed by atoms with E-state index in [9.17, 15) is 4.79 Å². The monoisotopic (exact) mass is 361 g/mol. The molecule has 0 spiro atoms. The number of carbonyl (C=O) groups excluding carboxylic acids is 1. The molecule has 2 aromatic rings. The molecular weight excluding hydrogens is 338 g/mol. The number of anilines is 1. The molecule has 1 amide bonds. The van der Waals surface area contributed by atoms with Crippen LogP contribution in [0.2, 0.25) is 0 Å². The van der Waals surface area contributed by atoms with E-state index >= 15 is 0 Å². The van der Waals surface area contributed by atoms with E-state index in [-0.39, 0.29) is 18.3 Å². The second kappa shape index (κ2) is 7.58. The van der Waals surface area contributed by atoms with Gasteiger partial charge >= 0.3 is 0 Å². The number of piperidine rings is 1. The second-order valence-corrected chi connectivity index (χ2v) is 7.05. The predicted molar refractivity (Wildman–Crippen MR) is 99.8 cm³/mol. The Morgan fingerprint density at radius 2 is 1.92 bits per heavy atom. The first kappa shape index (κ1) is 18.0. The van der Waals surface area contributed by atoms with E-state index < -0.39 is 0 Å². The number of aromatic nitrogens is 1. The van der Waals surface area contributed by atoms with Gasteiger partial charge < -0.3 is 15.1 Å². The third-order valence-corrected chi connectivity index (χ3v) is 5.12. The van der Waals surface area contributed by atoms with Crippen LogP contribution in [0.15, 0.2) is 34.9 Å². The van der Waals surface area contributed by atoms with Gasteiger partial charge in [0.25, 0.3) is 0 Å². The van der Waals surface area contributed by atoms with Crippen LogP contribution in [0.25, 0.3) is 11.3 Å².